The summed E-state index contributed by atoms with van der Waals surface area (Å²) in [5, 5.41) is 4.22. The van der Waals surface area contributed by atoms with Crippen molar-refractivity contribution in [3.05, 3.63) is 57.4 Å². The molecule has 0 aliphatic carbocycles. The van der Waals surface area contributed by atoms with Crippen LogP contribution in [0.3, 0.4) is 0 Å². The van der Waals surface area contributed by atoms with Crippen LogP contribution in [0.1, 0.15) is 5.76 Å². The van der Waals surface area contributed by atoms with Crippen LogP contribution in [-0.2, 0) is 10.0 Å². The number of anilines is 1. The summed E-state index contributed by atoms with van der Waals surface area (Å²) < 4.78 is 37.9. The molecule has 136 valence electrons. The maximum Gasteiger partial charge on any atom is 0.262 e. The second-order valence-corrected chi connectivity index (χ2v) is 8.00. The van der Waals surface area contributed by atoms with Gasteiger partial charge in [0.1, 0.15) is 11.4 Å². The molecule has 0 radical (unpaired) electrons. The van der Waals surface area contributed by atoms with E-state index in [4.69, 9.17) is 44.1 Å². The molecule has 0 fully saturated rings. The largest absolute Gasteiger partial charge is 0.415 e. The number of rotatable bonds is 5. The van der Waals surface area contributed by atoms with E-state index in [0.29, 0.717) is 5.76 Å². The van der Waals surface area contributed by atoms with E-state index < -0.39 is 10.0 Å². The molecule has 0 aliphatic rings. The Morgan fingerprint density at radius 3 is 2.54 bits per heavy atom. The monoisotopic (exact) mass is 433 g/mol. The van der Waals surface area contributed by atoms with Gasteiger partial charge in [-0.05, 0) is 36.3 Å². The van der Waals surface area contributed by atoms with Crippen LogP contribution in [0, 0.1) is 6.92 Å². The third-order valence-electron chi connectivity index (χ3n) is 3.07. The molecule has 3 rings (SSSR count). The number of halogens is 3. The summed E-state index contributed by atoms with van der Waals surface area (Å²) in [7, 11) is -3.99. The predicted molar refractivity (Wildman–Crippen MR) is 97.8 cm³/mol. The Morgan fingerprint density at radius 1 is 1.12 bits per heavy atom. The van der Waals surface area contributed by atoms with Crippen molar-refractivity contribution >= 4 is 50.5 Å². The number of aromatic nitrogens is 2. The lowest BCUT2D eigenvalue weighted by atomic mass is 10.4. The normalized spacial score (nSPS) is 11.4. The highest BCUT2D eigenvalue weighted by Crippen LogP contribution is 2.32. The van der Waals surface area contributed by atoms with E-state index in [2.05, 4.69) is 14.9 Å². The van der Waals surface area contributed by atoms with Crippen molar-refractivity contribution in [1.82, 2.24) is 10.1 Å². The third kappa shape index (κ3) is 4.21. The molecule has 2 aromatic heterocycles. The van der Waals surface area contributed by atoms with Crippen molar-refractivity contribution in [1.29, 1.82) is 0 Å². The molecule has 26 heavy (non-hydrogen) atoms. The molecule has 11 heteroatoms. The molecule has 0 atom stereocenters. The molecule has 0 spiro atoms. The van der Waals surface area contributed by atoms with E-state index >= 15 is 0 Å². The highest BCUT2D eigenvalue weighted by Gasteiger charge is 2.20. The molecule has 7 nitrogen and oxygen atoms in total. The van der Waals surface area contributed by atoms with Crippen molar-refractivity contribution in [2.45, 2.75) is 11.8 Å². The van der Waals surface area contributed by atoms with Crippen LogP contribution in [0.15, 0.2) is 45.9 Å². The van der Waals surface area contributed by atoms with Gasteiger partial charge in [0.2, 0.25) is 5.88 Å². The maximum atomic E-state index is 12.6. The van der Waals surface area contributed by atoms with E-state index in [1.165, 1.54) is 36.5 Å². The first-order valence-electron chi connectivity index (χ1n) is 6.99. The topological polar surface area (TPSA) is 94.3 Å². The van der Waals surface area contributed by atoms with Gasteiger partial charge in [-0.3, -0.25) is 4.72 Å². The highest BCUT2D eigenvalue weighted by atomic mass is 35.5. The van der Waals surface area contributed by atoms with Crippen LogP contribution in [0.25, 0.3) is 0 Å². The number of sulfonamides is 1. The van der Waals surface area contributed by atoms with Gasteiger partial charge in [0, 0.05) is 12.3 Å². The Balaban J connectivity index is 1.95. The number of nitrogens with one attached hydrogen (secondary N) is 1. The van der Waals surface area contributed by atoms with Gasteiger partial charge in [0.25, 0.3) is 15.9 Å². The first kappa shape index (κ1) is 18.8. The Morgan fingerprint density at radius 2 is 1.88 bits per heavy atom. The number of benzene rings is 1. The third-order valence-corrected chi connectivity index (χ3v) is 5.38. The Kier molecular flexibility index (Phi) is 5.29. The molecule has 0 bridgehead atoms. The minimum atomic E-state index is -3.99. The van der Waals surface area contributed by atoms with Gasteiger partial charge in [-0.2, -0.15) is 0 Å². The van der Waals surface area contributed by atoms with Crippen molar-refractivity contribution in [2.75, 3.05) is 4.72 Å². The van der Waals surface area contributed by atoms with Crippen LogP contribution in [0.4, 0.5) is 5.69 Å². The summed E-state index contributed by atoms with van der Waals surface area (Å²) in [4.78, 5) is 3.89. The van der Waals surface area contributed by atoms with Gasteiger partial charge in [-0.15, -0.1) is 0 Å². The zero-order valence-electron chi connectivity index (χ0n) is 13.0. The molecule has 0 saturated heterocycles. The second-order valence-electron chi connectivity index (χ2n) is 5.07. The molecule has 0 amide bonds. The Hall–Kier alpha value is -2.00. The number of nitrogens with zero attached hydrogens (tertiary/aromatic N) is 2. The maximum absolute atomic E-state index is 12.6. The molecule has 2 heterocycles. The van der Waals surface area contributed by atoms with Gasteiger partial charge in [-0.25, -0.2) is 13.4 Å². The van der Waals surface area contributed by atoms with Crippen molar-refractivity contribution in [3.8, 4) is 11.8 Å². The smallest absolute Gasteiger partial charge is 0.262 e. The molecule has 0 unspecified atom stereocenters. The molecular weight excluding hydrogens is 425 g/mol. The van der Waals surface area contributed by atoms with E-state index in [9.17, 15) is 8.42 Å². The Bertz CT molecular complexity index is 1070. The minimum Gasteiger partial charge on any atom is -0.415 e. The quantitative estimate of drug-likeness (QED) is 0.612. The zero-order chi connectivity index (χ0) is 18.9. The number of aryl methyl sites for hydroxylation is 1. The Labute approximate surface area is 163 Å². The zero-order valence-corrected chi connectivity index (χ0v) is 16.1. The van der Waals surface area contributed by atoms with Gasteiger partial charge in [-0.1, -0.05) is 34.8 Å². The first-order valence-corrected chi connectivity index (χ1v) is 9.61. The number of pyridine rings is 1. The first-order chi connectivity index (χ1) is 12.2. The van der Waals surface area contributed by atoms with Crippen LogP contribution in [0.2, 0.25) is 15.1 Å². The van der Waals surface area contributed by atoms with Crippen molar-refractivity contribution in [3.63, 3.8) is 0 Å². The lowest BCUT2D eigenvalue weighted by Crippen LogP contribution is -2.14. The molecule has 3 aromatic rings. The second kappa shape index (κ2) is 7.32. The molecule has 0 aliphatic heterocycles. The van der Waals surface area contributed by atoms with Crippen LogP contribution in [-0.4, -0.2) is 18.6 Å². The summed E-state index contributed by atoms with van der Waals surface area (Å²) >= 11 is 17.6. The molecule has 1 aromatic carbocycles. The van der Waals surface area contributed by atoms with Gasteiger partial charge in [0.15, 0.2) is 0 Å². The lowest BCUT2D eigenvalue weighted by molar-refractivity contribution is 0.351. The van der Waals surface area contributed by atoms with E-state index in [1.807, 2.05) is 0 Å². The number of ether oxygens (including phenoxy) is 1. The highest BCUT2D eigenvalue weighted by molar-refractivity contribution is 7.92. The van der Waals surface area contributed by atoms with Gasteiger partial charge >= 0.3 is 0 Å². The summed E-state index contributed by atoms with van der Waals surface area (Å²) in [5.41, 5.74) is 0.0178. The molecule has 1 N–H and O–H groups in total. The minimum absolute atomic E-state index is 0.0178. The fourth-order valence-corrected chi connectivity index (χ4v) is 3.51. The number of hydrogen-bond acceptors (Lipinski definition) is 6. The fraction of sp³-hybridized carbons (Fsp3) is 0.0667. The van der Waals surface area contributed by atoms with Gasteiger partial charge in [0.05, 0.1) is 20.0 Å². The van der Waals surface area contributed by atoms with Crippen LogP contribution >= 0.6 is 34.8 Å². The van der Waals surface area contributed by atoms with Crippen molar-refractivity contribution < 1.29 is 17.7 Å². The summed E-state index contributed by atoms with van der Waals surface area (Å²) in [6.45, 7) is 1.68. The summed E-state index contributed by atoms with van der Waals surface area (Å²) in [6.07, 6.45) is 1.31. The van der Waals surface area contributed by atoms with Gasteiger partial charge < -0.3 is 9.26 Å². The molecular formula is C15H10Cl3N3O4S. The average molecular weight is 435 g/mol. The average Bonchev–Trinajstić information content (AvgIpc) is 2.97. The standard InChI is InChI=1S/C15H10Cl3N3O4S/c1-8-4-14(20-25-8)24-15-13(5-9(16)7-19-15)21-26(22,23)10-2-3-11(17)12(18)6-10/h2-7,21H,1H3. The number of hydrogen-bond donors (Lipinski definition) is 1. The predicted octanol–water partition coefficient (Wildman–Crippen LogP) is 4.93. The van der Waals surface area contributed by atoms with Crippen LogP contribution in [0.5, 0.6) is 11.8 Å². The van der Waals surface area contributed by atoms with Crippen molar-refractivity contribution in [2.24, 2.45) is 0 Å². The SMILES string of the molecule is Cc1cc(Oc2ncc(Cl)cc2NS(=O)(=O)c2ccc(Cl)c(Cl)c2)no1. The summed E-state index contributed by atoms with van der Waals surface area (Å²) in [6, 6.07) is 6.80. The fourth-order valence-electron chi connectivity index (χ4n) is 1.92. The summed E-state index contributed by atoms with van der Waals surface area (Å²) in [5.74, 6) is 0.588. The van der Waals surface area contributed by atoms with E-state index in [-0.39, 0.29) is 37.4 Å². The van der Waals surface area contributed by atoms with Crippen LogP contribution < -0.4 is 9.46 Å². The van der Waals surface area contributed by atoms with E-state index in [0.717, 1.165) is 0 Å². The molecule has 0 saturated carbocycles. The lowest BCUT2D eigenvalue weighted by Gasteiger charge is -2.12. The van der Waals surface area contributed by atoms with E-state index in [1.54, 1.807) is 6.92 Å².